The molecule has 1 aliphatic heterocycles. The maximum Gasteiger partial charge on any atom is 0.338 e. The van der Waals surface area contributed by atoms with Gasteiger partial charge in [0.25, 0.3) is 5.91 Å². The first-order valence-corrected chi connectivity index (χ1v) is 17.5. The van der Waals surface area contributed by atoms with Crippen molar-refractivity contribution in [1.82, 2.24) is 8.87 Å². The van der Waals surface area contributed by atoms with Gasteiger partial charge in [0, 0.05) is 33.3 Å². The molecule has 1 fully saturated rings. The number of amides is 1. The zero-order chi connectivity index (χ0) is 33.9. The first-order chi connectivity index (χ1) is 22.1. The summed E-state index contributed by atoms with van der Waals surface area (Å²) in [5.74, 6) is -0.632. The Kier molecular flexibility index (Phi) is 13.6. The van der Waals surface area contributed by atoms with Crippen molar-refractivity contribution < 1.29 is 32.3 Å². The minimum Gasteiger partial charge on any atom is -0.493 e. The van der Waals surface area contributed by atoms with E-state index < -0.39 is 15.9 Å². The molecule has 0 aliphatic carbocycles. The largest absolute Gasteiger partial charge is 0.493 e. The highest BCUT2D eigenvalue weighted by Gasteiger charge is 2.31. The highest BCUT2D eigenvalue weighted by molar-refractivity contribution is 7.89. The van der Waals surface area contributed by atoms with Crippen molar-refractivity contribution in [3.63, 3.8) is 0 Å². The molecule has 10 nitrogen and oxygen atoms in total. The van der Waals surface area contributed by atoms with Crippen LogP contribution in [0.4, 0.5) is 5.69 Å². The smallest absolute Gasteiger partial charge is 0.338 e. The van der Waals surface area contributed by atoms with Gasteiger partial charge in [-0.05, 0) is 74.4 Å². The molecular weight excluding hydrogens is 606 g/mol. The Morgan fingerprint density at radius 3 is 2.28 bits per heavy atom. The predicted octanol–water partition coefficient (Wildman–Crippen LogP) is 6.51. The zero-order valence-corrected chi connectivity index (χ0v) is 28.6. The Bertz CT molecular complexity index is 1590. The molecule has 3 aromatic rings. The molecule has 1 amide bonds. The van der Waals surface area contributed by atoms with Gasteiger partial charge in [-0.3, -0.25) is 9.59 Å². The Hall–Kier alpha value is -3.96. The second-order valence-electron chi connectivity index (χ2n) is 11.0. The molecule has 0 spiro atoms. The van der Waals surface area contributed by atoms with Crippen molar-refractivity contribution in [3.05, 3.63) is 77.1 Å². The molecule has 0 atom stereocenters. The summed E-state index contributed by atoms with van der Waals surface area (Å²) in [6, 6.07) is 13.1. The van der Waals surface area contributed by atoms with Crippen molar-refractivity contribution in [2.45, 2.75) is 71.6 Å². The lowest BCUT2D eigenvalue weighted by molar-refractivity contribution is 0.0472. The third kappa shape index (κ3) is 8.85. The van der Waals surface area contributed by atoms with Crippen LogP contribution < -0.4 is 10.1 Å². The molecule has 250 valence electrons. The van der Waals surface area contributed by atoms with Gasteiger partial charge in [0.05, 0.1) is 34.9 Å². The van der Waals surface area contributed by atoms with Crippen LogP contribution in [0, 0.1) is 5.92 Å². The summed E-state index contributed by atoms with van der Waals surface area (Å²) >= 11 is 0. The van der Waals surface area contributed by atoms with E-state index in [4.69, 9.17) is 9.47 Å². The van der Waals surface area contributed by atoms with Crippen LogP contribution in [-0.2, 0) is 28.2 Å². The Morgan fingerprint density at radius 2 is 1.67 bits per heavy atom. The number of ether oxygens (including phenoxy) is 2. The first-order valence-electron chi connectivity index (χ1n) is 16.1. The third-order valence-electron chi connectivity index (χ3n) is 7.83. The standard InChI is InChI=1S/C33H41N3O7S.C2H6/c1-5-10-26-22-35(4)31(23(3)37)30(26)34-32(38)28-21-27(13-14-29(28)42-6-2)44(40,41)36-18-15-24(16-19-36)17-20-43-33(39)25-11-8-7-9-12-25;1-2/h7-9,11-14,21-22,24H,5-6,10,15-20H2,1-4H3,(H,34,38);1-2H3. The van der Waals surface area contributed by atoms with Crippen LogP contribution in [0.25, 0.3) is 0 Å². The van der Waals surface area contributed by atoms with Crippen molar-refractivity contribution in [2.24, 2.45) is 13.0 Å². The lowest BCUT2D eigenvalue weighted by Gasteiger charge is -2.31. The number of sulfonamides is 1. The number of piperidine rings is 1. The van der Waals surface area contributed by atoms with Crippen molar-refractivity contribution in [2.75, 3.05) is 31.6 Å². The SMILES string of the molecule is CC.CCCc1cn(C)c(C(C)=O)c1NC(=O)c1cc(S(=O)(=O)N2CCC(CCOC(=O)c3ccccc3)CC2)ccc1OCC. The van der Waals surface area contributed by atoms with Gasteiger partial charge in [0.1, 0.15) is 11.4 Å². The van der Waals surface area contributed by atoms with E-state index in [0.717, 1.165) is 12.0 Å². The summed E-state index contributed by atoms with van der Waals surface area (Å²) < 4.78 is 41.6. The number of benzene rings is 2. The number of anilines is 1. The van der Waals surface area contributed by atoms with Crippen LogP contribution in [0.3, 0.4) is 0 Å². The van der Waals surface area contributed by atoms with E-state index in [1.807, 2.05) is 33.0 Å². The number of ketones is 1. The van der Waals surface area contributed by atoms with Gasteiger partial charge in [-0.1, -0.05) is 45.4 Å². The van der Waals surface area contributed by atoms with Crippen molar-refractivity contribution in [3.8, 4) is 5.75 Å². The normalized spacial score (nSPS) is 13.8. The number of hydrogen-bond donors (Lipinski definition) is 1. The predicted molar refractivity (Wildman–Crippen MR) is 179 cm³/mol. The molecule has 0 radical (unpaired) electrons. The van der Waals surface area contributed by atoms with E-state index >= 15 is 0 Å². The number of carbonyl (C=O) groups is 3. The molecule has 1 saturated heterocycles. The number of aryl methyl sites for hydroxylation is 2. The van der Waals surface area contributed by atoms with Gasteiger partial charge < -0.3 is 19.4 Å². The lowest BCUT2D eigenvalue weighted by Crippen LogP contribution is -2.38. The second-order valence-corrected chi connectivity index (χ2v) is 12.9. The third-order valence-corrected chi connectivity index (χ3v) is 9.72. The summed E-state index contributed by atoms with van der Waals surface area (Å²) in [5, 5.41) is 2.88. The number of carbonyl (C=O) groups excluding carboxylic acids is 3. The van der Waals surface area contributed by atoms with Crippen molar-refractivity contribution >= 4 is 33.4 Å². The van der Waals surface area contributed by atoms with Crippen LogP contribution in [0.1, 0.15) is 97.1 Å². The molecule has 46 heavy (non-hydrogen) atoms. The summed E-state index contributed by atoms with van der Waals surface area (Å²) in [6.07, 6.45) is 5.23. The molecule has 0 unspecified atom stereocenters. The summed E-state index contributed by atoms with van der Waals surface area (Å²) in [5.41, 5.74) is 2.21. The van der Waals surface area contributed by atoms with E-state index in [-0.39, 0.29) is 47.1 Å². The number of esters is 1. The molecule has 1 N–H and O–H groups in total. The summed E-state index contributed by atoms with van der Waals surface area (Å²) in [4.78, 5) is 38.2. The Labute approximate surface area is 273 Å². The molecule has 4 rings (SSSR count). The van der Waals surface area contributed by atoms with Crippen LogP contribution in [0.15, 0.2) is 59.6 Å². The van der Waals surface area contributed by atoms with Crippen LogP contribution in [0.5, 0.6) is 5.75 Å². The quantitative estimate of drug-likeness (QED) is 0.165. The molecule has 1 aliphatic rings. The summed E-state index contributed by atoms with van der Waals surface area (Å²) in [7, 11) is -2.14. The maximum atomic E-state index is 13.7. The number of nitrogens with zero attached hydrogens (tertiary/aromatic N) is 2. The topological polar surface area (TPSA) is 124 Å². The first kappa shape index (κ1) is 36.5. The highest BCUT2D eigenvalue weighted by atomic mass is 32.2. The minimum atomic E-state index is -3.90. The monoisotopic (exact) mass is 653 g/mol. The lowest BCUT2D eigenvalue weighted by atomic mass is 9.95. The fraction of sp³-hybridized carbons (Fsp3) is 0.457. The van der Waals surface area contributed by atoms with Gasteiger partial charge in [-0.15, -0.1) is 0 Å². The number of rotatable bonds is 13. The second kappa shape index (κ2) is 17.1. The van der Waals surface area contributed by atoms with Gasteiger partial charge in [0.15, 0.2) is 5.78 Å². The van der Waals surface area contributed by atoms with E-state index in [1.165, 1.54) is 29.4 Å². The van der Waals surface area contributed by atoms with E-state index in [0.29, 0.717) is 55.7 Å². The average Bonchev–Trinajstić information content (AvgIpc) is 3.36. The van der Waals surface area contributed by atoms with E-state index in [2.05, 4.69) is 5.32 Å². The minimum absolute atomic E-state index is 0.00465. The fourth-order valence-electron chi connectivity index (χ4n) is 5.59. The number of hydrogen-bond acceptors (Lipinski definition) is 7. The van der Waals surface area contributed by atoms with Gasteiger partial charge in [0.2, 0.25) is 10.0 Å². The van der Waals surface area contributed by atoms with Gasteiger partial charge in [-0.25, -0.2) is 13.2 Å². The molecule has 1 aromatic heterocycles. The van der Waals surface area contributed by atoms with Gasteiger partial charge >= 0.3 is 5.97 Å². The van der Waals surface area contributed by atoms with Crippen LogP contribution in [0.2, 0.25) is 0 Å². The molecule has 0 bridgehead atoms. The molecule has 2 heterocycles. The summed E-state index contributed by atoms with van der Waals surface area (Å²) in [6.45, 7) is 10.4. The number of aromatic nitrogens is 1. The molecule has 11 heteroatoms. The molecular formula is C35H47N3O7S. The maximum absolute atomic E-state index is 13.7. The Morgan fingerprint density at radius 1 is 1.00 bits per heavy atom. The zero-order valence-electron chi connectivity index (χ0n) is 27.8. The van der Waals surface area contributed by atoms with E-state index in [9.17, 15) is 22.8 Å². The molecule has 2 aromatic carbocycles. The van der Waals surface area contributed by atoms with Crippen LogP contribution in [-0.4, -0.2) is 61.3 Å². The van der Waals surface area contributed by atoms with E-state index in [1.54, 1.807) is 42.8 Å². The van der Waals surface area contributed by atoms with Crippen molar-refractivity contribution in [1.29, 1.82) is 0 Å². The average molecular weight is 654 g/mol. The number of Topliss-reactive ketones (excluding diaryl/α,β-unsaturated/α-hetero) is 1. The highest BCUT2D eigenvalue weighted by Crippen LogP contribution is 2.31. The fourth-order valence-corrected chi connectivity index (χ4v) is 7.08. The number of nitrogens with one attached hydrogen (secondary N) is 1. The molecule has 0 saturated carbocycles. The van der Waals surface area contributed by atoms with Crippen LogP contribution >= 0.6 is 0 Å². The Balaban J connectivity index is 0.00000282. The van der Waals surface area contributed by atoms with Gasteiger partial charge in [-0.2, -0.15) is 4.31 Å².